The van der Waals surface area contributed by atoms with E-state index < -0.39 is 16.7 Å². The first-order valence-electron chi connectivity index (χ1n) is 12.9. The third-order valence-electron chi connectivity index (χ3n) is 6.43. The minimum Gasteiger partial charge on any atom is -0.507 e. The number of anilines is 1. The molecular formula is C31H27N5O5. The smallest absolute Gasteiger partial charge is 0.275 e. The summed E-state index contributed by atoms with van der Waals surface area (Å²) in [5.41, 5.74) is 4.03. The summed E-state index contributed by atoms with van der Waals surface area (Å²) in [5, 5.41) is 39.7. The van der Waals surface area contributed by atoms with Crippen LogP contribution in [-0.4, -0.2) is 27.6 Å². The molecule has 0 fully saturated rings. The van der Waals surface area contributed by atoms with E-state index in [4.69, 9.17) is 0 Å². The van der Waals surface area contributed by atoms with E-state index in [9.17, 15) is 30.1 Å². The summed E-state index contributed by atoms with van der Waals surface area (Å²) in [6.07, 6.45) is 0.960. The molecule has 1 atom stereocenters. The minimum absolute atomic E-state index is 0.0584. The van der Waals surface area contributed by atoms with Crippen molar-refractivity contribution in [3.63, 3.8) is 0 Å². The number of hydrazone groups is 1. The number of rotatable bonds is 11. The van der Waals surface area contributed by atoms with Crippen molar-refractivity contribution in [2.24, 2.45) is 5.10 Å². The molecular weight excluding hydrogens is 522 g/mol. The van der Waals surface area contributed by atoms with Crippen LogP contribution < -0.4 is 10.7 Å². The molecule has 10 heteroatoms. The molecule has 206 valence electrons. The molecule has 4 aromatic carbocycles. The fourth-order valence-electron chi connectivity index (χ4n) is 4.34. The minimum atomic E-state index is -0.609. The second-order valence-corrected chi connectivity index (χ2v) is 9.34. The SMILES string of the molecule is N#C[C@@H](C/C(CCCC(=O)Nc1cccc([N+](=O)[O-])c1)=N/NC(=O)c1cc2ccccc2cc1O)c1ccccc1. The molecule has 0 bridgehead atoms. The highest BCUT2D eigenvalue weighted by atomic mass is 16.6. The lowest BCUT2D eigenvalue weighted by Crippen LogP contribution is -2.21. The number of nitrogens with zero attached hydrogens (tertiary/aromatic N) is 3. The first kappa shape index (κ1) is 28.4. The van der Waals surface area contributed by atoms with Gasteiger partial charge in [-0.25, -0.2) is 5.43 Å². The lowest BCUT2D eigenvalue weighted by Gasteiger charge is -2.13. The number of fused-ring (bicyclic) bond motifs is 1. The Bertz CT molecular complexity index is 1650. The Hall–Kier alpha value is -5.56. The third-order valence-corrected chi connectivity index (χ3v) is 6.43. The summed E-state index contributed by atoms with van der Waals surface area (Å²) in [5.74, 6) is -1.66. The van der Waals surface area contributed by atoms with Crippen LogP contribution in [0.5, 0.6) is 5.75 Å². The zero-order valence-electron chi connectivity index (χ0n) is 22.0. The highest BCUT2D eigenvalue weighted by molar-refractivity contribution is 6.02. The van der Waals surface area contributed by atoms with Crippen LogP contribution in [0.25, 0.3) is 10.8 Å². The molecule has 4 rings (SSSR count). The number of carbonyl (C=O) groups is 2. The largest absolute Gasteiger partial charge is 0.507 e. The summed E-state index contributed by atoms with van der Waals surface area (Å²) in [4.78, 5) is 35.9. The van der Waals surface area contributed by atoms with Gasteiger partial charge in [0.1, 0.15) is 5.75 Å². The number of nitrogens with one attached hydrogen (secondary N) is 2. The predicted molar refractivity (Wildman–Crippen MR) is 156 cm³/mol. The van der Waals surface area contributed by atoms with Crippen LogP contribution >= 0.6 is 0 Å². The maximum atomic E-state index is 12.9. The maximum absolute atomic E-state index is 12.9. The van der Waals surface area contributed by atoms with Gasteiger partial charge in [0.05, 0.1) is 22.5 Å². The van der Waals surface area contributed by atoms with Gasteiger partial charge in [-0.3, -0.25) is 19.7 Å². The number of carbonyl (C=O) groups excluding carboxylic acids is 2. The van der Waals surface area contributed by atoms with Crippen LogP contribution in [0.2, 0.25) is 0 Å². The van der Waals surface area contributed by atoms with Crippen molar-refractivity contribution in [3.05, 3.63) is 112 Å². The van der Waals surface area contributed by atoms with Gasteiger partial charge in [0.25, 0.3) is 11.6 Å². The van der Waals surface area contributed by atoms with Gasteiger partial charge < -0.3 is 10.4 Å². The molecule has 0 spiro atoms. The van der Waals surface area contributed by atoms with Crippen molar-refractivity contribution in [3.8, 4) is 11.8 Å². The lowest BCUT2D eigenvalue weighted by atomic mass is 9.93. The molecule has 10 nitrogen and oxygen atoms in total. The highest BCUT2D eigenvalue weighted by Crippen LogP contribution is 2.25. The summed E-state index contributed by atoms with van der Waals surface area (Å²) < 4.78 is 0. The van der Waals surface area contributed by atoms with Gasteiger partial charge in [-0.05, 0) is 47.4 Å². The molecule has 0 aliphatic rings. The van der Waals surface area contributed by atoms with Crippen LogP contribution in [0.15, 0.2) is 96.1 Å². The van der Waals surface area contributed by atoms with Crippen molar-refractivity contribution >= 4 is 39.7 Å². The molecule has 41 heavy (non-hydrogen) atoms. The van der Waals surface area contributed by atoms with Crippen LogP contribution in [-0.2, 0) is 4.79 Å². The highest BCUT2D eigenvalue weighted by Gasteiger charge is 2.17. The van der Waals surface area contributed by atoms with E-state index in [0.717, 1.165) is 16.3 Å². The van der Waals surface area contributed by atoms with Gasteiger partial charge in [-0.15, -0.1) is 0 Å². The van der Waals surface area contributed by atoms with Gasteiger partial charge in [0, 0.05) is 36.4 Å². The number of phenolic OH excluding ortho intramolecular Hbond substituents is 1. The van der Waals surface area contributed by atoms with Crippen LogP contribution in [0, 0.1) is 21.4 Å². The van der Waals surface area contributed by atoms with Gasteiger partial charge in [-0.1, -0.05) is 60.7 Å². The monoisotopic (exact) mass is 549 g/mol. The number of nitro groups is 1. The molecule has 0 heterocycles. The molecule has 2 amide bonds. The second-order valence-electron chi connectivity index (χ2n) is 9.34. The van der Waals surface area contributed by atoms with Crippen LogP contribution in [0.3, 0.4) is 0 Å². The van der Waals surface area contributed by atoms with Gasteiger partial charge in [0.2, 0.25) is 5.91 Å². The molecule has 4 aromatic rings. The first-order valence-corrected chi connectivity index (χ1v) is 12.9. The fourth-order valence-corrected chi connectivity index (χ4v) is 4.34. The van der Waals surface area contributed by atoms with Gasteiger partial charge in [-0.2, -0.15) is 10.4 Å². The zero-order valence-corrected chi connectivity index (χ0v) is 22.0. The molecule has 0 aromatic heterocycles. The van der Waals surface area contributed by atoms with E-state index in [1.807, 2.05) is 54.6 Å². The number of hydrogen-bond acceptors (Lipinski definition) is 7. The summed E-state index contributed by atoms with van der Waals surface area (Å²) in [6, 6.07) is 27.5. The summed E-state index contributed by atoms with van der Waals surface area (Å²) in [6.45, 7) is 0. The van der Waals surface area contributed by atoms with Crippen molar-refractivity contribution in [1.29, 1.82) is 5.26 Å². The van der Waals surface area contributed by atoms with E-state index in [0.29, 0.717) is 24.2 Å². The number of benzene rings is 4. The van der Waals surface area contributed by atoms with Crippen molar-refractivity contribution in [1.82, 2.24) is 5.43 Å². The molecule has 0 aliphatic carbocycles. The van der Waals surface area contributed by atoms with Gasteiger partial charge in [0.15, 0.2) is 0 Å². The Morgan fingerprint density at radius 3 is 2.37 bits per heavy atom. The van der Waals surface area contributed by atoms with Crippen molar-refractivity contribution < 1.29 is 19.6 Å². The Morgan fingerprint density at radius 1 is 0.951 bits per heavy atom. The Morgan fingerprint density at radius 2 is 1.66 bits per heavy atom. The average Bonchev–Trinajstić information content (AvgIpc) is 2.98. The molecule has 0 saturated carbocycles. The molecule has 0 radical (unpaired) electrons. The number of hydrogen-bond donors (Lipinski definition) is 3. The van der Waals surface area contributed by atoms with E-state index in [2.05, 4.69) is 21.9 Å². The predicted octanol–water partition coefficient (Wildman–Crippen LogP) is 6.05. The lowest BCUT2D eigenvalue weighted by molar-refractivity contribution is -0.384. The third kappa shape index (κ3) is 7.74. The summed E-state index contributed by atoms with van der Waals surface area (Å²) >= 11 is 0. The van der Waals surface area contributed by atoms with E-state index in [1.54, 1.807) is 12.1 Å². The second kappa shape index (κ2) is 13.5. The number of nitriles is 1. The van der Waals surface area contributed by atoms with Crippen LogP contribution in [0.1, 0.15) is 47.5 Å². The van der Waals surface area contributed by atoms with E-state index in [1.165, 1.54) is 24.3 Å². The average molecular weight is 550 g/mol. The quantitative estimate of drug-likeness (QED) is 0.117. The number of phenols is 1. The van der Waals surface area contributed by atoms with Gasteiger partial charge >= 0.3 is 0 Å². The van der Waals surface area contributed by atoms with E-state index in [-0.39, 0.29) is 35.7 Å². The Labute approximate surface area is 236 Å². The first-order chi connectivity index (χ1) is 19.8. The topological polar surface area (TPSA) is 158 Å². The maximum Gasteiger partial charge on any atom is 0.275 e. The van der Waals surface area contributed by atoms with E-state index >= 15 is 0 Å². The van der Waals surface area contributed by atoms with Crippen molar-refractivity contribution in [2.45, 2.75) is 31.6 Å². The molecule has 0 saturated heterocycles. The number of non-ortho nitro benzene ring substituents is 1. The zero-order chi connectivity index (χ0) is 29.2. The van der Waals surface area contributed by atoms with Crippen LogP contribution in [0.4, 0.5) is 11.4 Å². The number of nitro benzene ring substituents is 1. The standard InChI is InChI=1S/C31H27N5O5/c32-20-24(21-8-2-1-3-9-21)16-26(13-7-15-30(38)33-25-12-6-14-27(19-25)36(40)41)34-35-31(39)28-17-22-10-4-5-11-23(22)18-29(28)37/h1-6,8-12,14,17-19,24,37H,7,13,15-16H2,(H,33,38)(H,35,39)/b34-26+/t24-/m1/s1. The number of aromatic hydroxyl groups is 1. The molecule has 0 aliphatic heterocycles. The normalized spacial score (nSPS) is 11.8. The fraction of sp³-hybridized carbons (Fsp3) is 0.161. The van der Waals surface area contributed by atoms with Crippen molar-refractivity contribution in [2.75, 3.05) is 5.32 Å². The Balaban J connectivity index is 1.46. The molecule has 3 N–H and O–H groups in total. The number of amides is 2. The Kier molecular flexibility index (Phi) is 9.36. The molecule has 0 unspecified atom stereocenters. The summed E-state index contributed by atoms with van der Waals surface area (Å²) in [7, 11) is 0.